The molecule has 0 radical (unpaired) electrons. The maximum Gasteiger partial charge on any atom is 0.263 e. The number of ether oxygens (including phenoxy) is 2. The smallest absolute Gasteiger partial charge is 0.263 e. The van der Waals surface area contributed by atoms with Crippen molar-refractivity contribution in [1.82, 2.24) is 19.8 Å². The summed E-state index contributed by atoms with van der Waals surface area (Å²) in [7, 11) is 1.73. The summed E-state index contributed by atoms with van der Waals surface area (Å²) in [6.07, 6.45) is 4.97. The van der Waals surface area contributed by atoms with Gasteiger partial charge < -0.3 is 24.3 Å². The van der Waals surface area contributed by atoms with E-state index in [1.165, 1.54) is 6.20 Å². The average molecular weight is 579 g/mol. The van der Waals surface area contributed by atoms with Gasteiger partial charge in [-0.1, -0.05) is 25.1 Å². The fourth-order valence-corrected chi connectivity index (χ4v) is 6.07. The van der Waals surface area contributed by atoms with Crippen molar-refractivity contribution in [1.29, 1.82) is 0 Å². The Hall–Kier alpha value is -4.92. The SMILES string of the molecule is CCc1c(C)cc(C(=O)N2CCc3cc4ccc3C2c2cccc(c2)OCCCNC(=O)c2cncc(c2)O4)c(=O)n1C. The Kier molecular flexibility index (Phi) is 7.71. The Labute approximate surface area is 250 Å². The summed E-state index contributed by atoms with van der Waals surface area (Å²) in [6.45, 7) is 5.20. The first-order valence-electron chi connectivity index (χ1n) is 14.6. The number of pyridine rings is 2. The summed E-state index contributed by atoms with van der Waals surface area (Å²) in [4.78, 5) is 46.2. The number of fused-ring (bicyclic) bond motifs is 6. The molecule has 0 saturated carbocycles. The highest BCUT2D eigenvalue weighted by Crippen LogP contribution is 2.39. The van der Waals surface area contributed by atoms with Crippen molar-refractivity contribution in [2.24, 2.45) is 7.05 Å². The van der Waals surface area contributed by atoms with Crippen LogP contribution in [0.1, 0.15) is 68.1 Å². The van der Waals surface area contributed by atoms with Crippen molar-refractivity contribution in [3.8, 4) is 17.2 Å². The van der Waals surface area contributed by atoms with Gasteiger partial charge in [-0.05, 0) is 84.8 Å². The number of hydrogen-bond donors (Lipinski definition) is 1. The van der Waals surface area contributed by atoms with E-state index in [9.17, 15) is 14.4 Å². The Balaban J connectivity index is 1.45. The van der Waals surface area contributed by atoms with E-state index < -0.39 is 6.04 Å². The molecule has 2 amide bonds. The third kappa shape index (κ3) is 5.50. The predicted octanol–water partition coefficient (Wildman–Crippen LogP) is 4.74. The van der Waals surface area contributed by atoms with Gasteiger partial charge in [0.2, 0.25) is 0 Å². The maximum atomic E-state index is 14.2. The summed E-state index contributed by atoms with van der Waals surface area (Å²) in [5, 5.41) is 2.90. The van der Waals surface area contributed by atoms with Crippen molar-refractivity contribution in [2.45, 2.75) is 39.2 Å². The van der Waals surface area contributed by atoms with E-state index >= 15 is 0 Å². The molecule has 220 valence electrons. The Morgan fingerprint density at radius 3 is 2.74 bits per heavy atom. The molecule has 1 unspecified atom stereocenters. The van der Waals surface area contributed by atoms with E-state index in [1.807, 2.05) is 56.3 Å². The quantitative estimate of drug-likeness (QED) is 0.369. The molecular formula is C34H34N4O5. The van der Waals surface area contributed by atoms with Crippen LogP contribution in [-0.4, -0.2) is 46.0 Å². The van der Waals surface area contributed by atoms with Gasteiger partial charge in [-0.3, -0.25) is 19.4 Å². The molecule has 2 aromatic carbocycles. The molecule has 5 heterocycles. The number of nitrogens with one attached hydrogen (secondary N) is 1. The van der Waals surface area contributed by atoms with E-state index in [-0.39, 0.29) is 22.9 Å². The van der Waals surface area contributed by atoms with Crippen molar-refractivity contribution < 1.29 is 19.1 Å². The van der Waals surface area contributed by atoms with Crippen LogP contribution >= 0.6 is 0 Å². The third-order valence-corrected chi connectivity index (χ3v) is 8.19. The standard InChI is InChI=1S/C34H34N4O5/c1-4-30-21(2)15-29(33(40)37(30)3)34(41)38-13-11-22-16-26-9-10-28(22)31(38)23-7-5-8-25(17-23)42-14-6-12-36-32(39)24-18-27(43-26)20-35-19-24/h5,7-10,15-20,31H,4,6,11-14H2,1-3H3,(H,36,39). The molecule has 9 nitrogen and oxygen atoms in total. The van der Waals surface area contributed by atoms with Crippen molar-refractivity contribution in [3.63, 3.8) is 0 Å². The number of rotatable bonds is 2. The topological polar surface area (TPSA) is 103 Å². The van der Waals surface area contributed by atoms with Crippen LogP contribution < -0.4 is 20.3 Å². The molecule has 2 aromatic heterocycles. The predicted molar refractivity (Wildman–Crippen MR) is 162 cm³/mol. The minimum Gasteiger partial charge on any atom is -0.494 e. The van der Waals surface area contributed by atoms with Gasteiger partial charge in [0.15, 0.2) is 0 Å². The highest BCUT2D eigenvalue weighted by atomic mass is 16.5. The monoisotopic (exact) mass is 578 g/mol. The minimum absolute atomic E-state index is 0.168. The third-order valence-electron chi connectivity index (χ3n) is 8.19. The summed E-state index contributed by atoms with van der Waals surface area (Å²) >= 11 is 0. The molecule has 0 saturated heterocycles. The maximum absolute atomic E-state index is 14.2. The lowest BCUT2D eigenvalue weighted by atomic mass is 9.87. The lowest BCUT2D eigenvalue weighted by molar-refractivity contribution is 0.0691. The molecule has 3 aliphatic rings. The van der Waals surface area contributed by atoms with E-state index in [2.05, 4.69) is 10.3 Å². The fraction of sp³-hybridized carbons (Fsp3) is 0.294. The van der Waals surface area contributed by atoms with Gasteiger partial charge in [-0.25, -0.2) is 0 Å². The van der Waals surface area contributed by atoms with Crippen LogP contribution in [0.4, 0.5) is 0 Å². The number of amides is 2. The lowest BCUT2D eigenvalue weighted by Gasteiger charge is -2.38. The van der Waals surface area contributed by atoms with Gasteiger partial charge >= 0.3 is 0 Å². The average Bonchev–Trinajstić information content (AvgIpc) is 3.01. The van der Waals surface area contributed by atoms with Gasteiger partial charge in [-0.15, -0.1) is 0 Å². The molecule has 0 fully saturated rings. The first-order chi connectivity index (χ1) is 20.8. The van der Waals surface area contributed by atoms with E-state index in [1.54, 1.807) is 34.8 Å². The van der Waals surface area contributed by atoms with Crippen molar-refractivity contribution in [2.75, 3.05) is 19.7 Å². The molecule has 4 aromatic rings. The molecule has 43 heavy (non-hydrogen) atoms. The number of nitrogens with zero attached hydrogens (tertiary/aromatic N) is 3. The van der Waals surface area contributed by atoms with Crippen LogP contribution in [-0.2, 0) is 19.9 Å². The number of aromatic nitrogens is 2. The zero-order valence-corrected chi connectivity index (χ0v) is 24.6. The van der Waals surface area contributed by atoms with Crippen LogP contribution in [0, 0.1) is 6.92 Å². The zero-order chi connectivity index (χ0) is 30.1. The van der Waals surface area contributed by atoms with Gasteiger partial charge in [0.25, 0.3) is 17.4 Å². The molecule has 1 atom stereocenters. The Morgan fingerprint density at radius 2 is 1.91 bits per heavy atom. The number of hydrogen-bond acceptors (Lipinski definition) is 6. The summed E-state index contributed by atoms with van der Waals surface area (Å²) in [6, 6.07) is 16.5. The van der Waals surface area contributed by atoms with E-state index in [0.29, 0.717) is 61.8 Å². The van der Waals surface area contributed by atoms with E-state index in [4.69, 9.17) is 9.47 Å². The largest absolute Gasteiger partial charge is 0.494 e. The molecular weight excluding hydrogens is 544 g/mol. The summed E-state index contributed by atoms with van der Waals surface area (Å²) in [5.41, 5.74) is 4.99. The van der Waals surface area contributed by atoms with Crippen LogP contribution in [0.5, 0.6) is 17.2 Å². The Bertz CT molecular complexity index is 1780. The number of aryl methyl sites for hydroxylation is 1. The molecule has 7 rings (SSSR count). The van der Waals surface area contributed by atoms with Crippen LogP contribution in [0.15, 0.2) is 71.8 Å². The highest BCUT2D eigenvalue weighted by Gasteiger charge is 2.34. The van der Waals surface area contributed by atoms with E-state index in [0.717, 1.165) is 27.9 Å². The molecule has 1 N–H and O–H groups in total. The minimum atomic E-state index is -0.437. The Morgan fingerprint density at radius 1 is 1.05 bits per heavy atom. The highest BCUT2D eigenvalue weighted by molar-refractivity contribution is 5.95. The number of benzene rings is 2. The molecule has 9 heteroatoms. The summed E-state index contributed by atoms with van der Waals surface area (Å²) < 4.78 is 13.8. The van der Waals surface area contributed by atoms with Gasteiger partial charge in [0.05, 0.1) is 24.4 Å². The van der Waals surface area contributed by atoms with Gasteiger partial charge in [-0.2, -0.15) is 0 Å². The molecule has 0 spiro atoms. The van der Waals surface area contributed by atoms with Crippen LogP contribution in [0.2, 0.25) is 0 Å². The summed E-state index contributed by atoms with van der Waals surface area (Å²) in [5.74, 6) is 1.20. The van der Waals surface area contributed by atoms with Crippen LogP contribution in [0.25, 0.3) is 0 Å². The second-order valence-corrected chi connectivity index (χ2v) is 11.0. The number of carbonyl (C=O) groups is 2. The second kappa shape index (κ2) is 11.8. The normalized spacial score (nSPS) is 16.4. The fourth-order valence-electron chi connectivity index (χ4n) is 6.07. The molecule has 8 bridgehead atoms. The zero-order valence-electron chi connectivity index (χ0n) is 24.6. The second-order valence-electron chi connectivity index (χ2n) is 11.0. The first-order valence-corrected chi connectivity index (χ1v) is 14.6. The van der Waals surface area contributed by atoms with Crippen molar-refractivity contribution in [3.05, 3.63) is 116 Å². The van der Waals surface area contributed by atoms with Gasteiger partial charge in [0, 0.05) is 32.0 Å². The number of carbonyl (C=O) groups excluding carboxylic acids is 2. The lowest BCUT2D eigenvalue weighted by Crippen LogP contribution is -2.43. The van der Waals surface area contributed by atoms with Crippen LogP contribution in [0.3, 0.4) is 0 Å². The van der Waals surface area contributed by atoms with Gasteiger partial charge in [0.1, 0.15) is 22.8 Å². The first kappa shape index (κ1) is 28.2. The van der Waals surface area contributed by atoms with Crippen molar-refractivity contribution >= 4 is 11.8 Å². The molecule has 3 aliphatic heterocycles. The molecule has 0 aliphatic carbocycles.